The summed E-state index contributed by atoms with van der Waals surface area (Å²) in [4.78, 5) is 10.5. The van der Waals surface area contributed by atoms with Crippen molar-refractivity contribution in [2.75, 3.05) is 18.1 Å². The third kappa shape index (κ3) is 4.70. The van der Waals surface area contributed by atoms with Crippen molar-refractivity contribution in [3.63, 3.8) is 0 Å². The maximum Gasteiger partial charge on any atom is 0.0974 e. The molecule has 0 unspecified atom stereocenters. The van der Waals surface area contributed by atoms with Crippen molar-refractivity contribution in [3.8, 4) is 33.8 Å². The van der Waals surface area contributed by atoms with E-state index < -0.39 is 0 Å². The van der Waals surface area contributed by atoms with Gasteiger partial charge in [-0.25, -0.2) is 9.97 Å². The summed E-state index contributed by atoms with van der Waals surface area (Å²) in [5.74, 6) is 0. The van der Waals surface area contributed by atoms with Crippen LogP contribution >= 0.6 is 0 Å². The molecule has 0 amide bonds. The lowest BCUT2D eigenvalue weighted by molar-refractivity contribution is 1.18. The number of benzene rings is 3. The highest BCUT2D eigenvalue weighted by Crippen LogP contribution is 2.36. The molecule has 0 saturated carbocycles. The van der Waals surface area contributed by atoms with E-state index in [1.165, 1.54) is 0 Å². The molecule has 0 spiro atoms. The van der Waals surface area contributed by atoms with E-state index in [0.717, 1.165) is 50.7 Å². The summed E-state index contributed by atoms with van der Waals surface area (Å²) in [6.07, 6.45) is 6.16. The Hall–Kier alpha value is -4.18. The first-order valence-corrected chi connectivity index (χ1v) is 11.1. The van der Waals surface area contributed by atoms with E-state index in [1.54, 1.807) is 0 Å². The second kappa shape index (κ2) is 9.96. The van der Waals surface area contributed by atoms with Gasteiger partial charge in [-0.05, 0) is 43.7 Å². The Bertz CT molecular complexity index is 1320. The zero-order chi connectivity index (χ0) is 23.2. The highest BCUT2D eigenvalue weighted by molar-refractivity contribution is 5.88. The van der Waals surface area contributed by atoms with Gasteiger partial charge < -0.3 is 11.1 Å². The number of rotatable bonds is 6. The van der Waals surface area contributed by atoms with Crippen LogP contribution in [0.1, 0.15) is 19.5 Å². The van der Waals surface area contributed by atoms with Crippen molar-refractivity contribution in [1.29, 1.82) is 0 Å². The molecule has 0 bridgehead atoms. The van der Waals surface area contributed by atoms with Gasteiger partial charge in [-0.15, -0.1) is 0 Å². The minimum atomic E-state index is 0.695. The Labute approximate surface area is 195 Å². The maximum absolute atomic E-state index is 6.13. The number of hydrogen-bond donors (Lipinski definition) is 2. The van der Waals surface area contributed by atoms with Crippen LogP contribution in [0, 0.1) is 0 Å². The summed E-state index contributed by atoms with van der Waals surface area (Å²) in [6, 6.07) is 26.2. The summed E-state index contributed by atoms with van der Waals surface area (Å²) in [5.41, 5.74) is 15.1. The van der Waals surface area contributed by atoms with Crippen LogP contribution < -0.4 is 11.1 Å². The predicted molar refractivity (Wildman–Crippen MR) is 141 cm³/mol. The second-order valence-corrected chi connectivity index (χ2v) is 7.68. The van der Waals surface area contributed by atoms with Crippen molar-refractivity contribution in [3.05, 3.63) is 103 Å². The molecule has 0 saturated heterocycles. The first kappa shape index (κ1) is 22.0. The van der Waals surface area contributed by atoms with Gasteiger partial charge in [-0.1, -0.05) is 72.8 Å². The normalized spacial score (nSPS) is 11.7. The van der Waals surface area contributed by atoms with Crippen LogP contribution in [-0.2, 0) is 0 Å². The van der Waals surface area contributed by atoms with Gasteiger partial charge >= 0.3 is 0 Å². The van der Waals surface area contributed by atoms with Gasteiger partial charge in [0.05, 0.1) is 22.8 Å². The van der Waals surface area contributed by atoms with Gasteiger partial charge in [-0.2, -0.15) is 0 Å². The van der Waals surface area contributed by atoms with Gasteiger partial charge in [-0.3, -0.25) is 0 Å². The third-order valence-electron chi connectivity index (χ3n) is 5.46. The van der Waals surface area contributed by atoms with Crippen molar-refractivity contribution in [2.24, 2.45) is 0 Å². The standard InChI is InChI=1S/C29H28N4/c1-4-11-20(5-2)26-29(23-15-10-17-25(19-23)31-3)33-27(21-12-7-6-8-13-21)28(32-26)22-14-9-16-24(30)18-22/h4-19,31H,30H2,1-3H3/b11-4-,20-5+. The Kier molecular flexibility index (Phi) is 6.65. The number of nitrogens with zero attached hydrogens (tertiary/aromatic N) is 2. The molecule has 4 nitrogen and oxygen atoms in total. The number of hydrogen-bond acceptors (Lipinski definition) is 4. The first-order chi connectivity index (χ1) is 16.1. The number of aromatic nitrogens is 2. The van der Waals surface area contributed by atoms with E-state index in [9.17, 15) is 0 Å². The first-order valence-electron chi connectivity index (χ1n) is 11.1. The predicted octanol–water partition coefficient (Wildman–Crippen LogP) is 7.08. The molecule has 0 aliphatic heterocycles. The van der Waals surface area contributed by atoms with Crippen LogP contribution in [0.5, 0.6) is 0 Å². The molecule has 33 heavy (non-hydrogen) atoms. The van der Waals surface area contributed by atoms with Crippen molar-refractivity contribution in [1.82, 2.24) is 9.97 Å². The van der Waals surface area contributed by atoms with E-state index in [4.69, 9.17) is 15.7 Å². The fourth-order valence-corrected chi connectivity index (χ4v) is 3.84. The molecule has 164 valence electrons. The summed E-state index contributed by atoms with van der Waals surface area (Å²) in [5, 5.41) is 3.22. The summed E-state index contributed by atoms with van der Waals surface area (Å²) < 4.78 is 0. The molecule has 1 heterocycles. The quantitative estimate of drug-likeness (QED) is 0.252. The Balaban J connectivity index is 2.09. The monoisotopic (exact) mass is 432 g/mol. The van der Waals surface area contributed by atoms with E-state index in [1.807, 2.05) is 81.6 Å². The van der Waals surface area contributed by atoms with Crippen molar-refractivity contribution < 1.29 is 0 Å². The highest BCUT2D eigenvalue weighted by Gasteiger charge is 2.19. The SMILES string of the molecule is C/C=C\C(=C/C)c1nc(-c2cccc(N)c2)c(-c2ccccc2)nc1-c1cccc(NC)c1. The lowest BCUT2D eigenvalue weighted by atomic mass is 9.98. The molecular weight excluding hydrogens is 404 g/mol. The lowest BCUT2D eigenvalue weighted by Crippen LogP contribution is -2.03. The Morgan fingerprint density at radius 3 is 2.09 bits per heavy atom. The average Bonchev–Trinajstić information content (AvgIpc) is 2.87. The van der Waals surface area contributed by atoms with E-state index in [-0.39, 0.29) is 0 Å². The molecular formula is C29H28N4. The number of allylic oxidation sites excluding steroid dienone is 4. The minimum absolute atomic E-state index is 0.695. The summed E-state index contributed by atoms with van der Waals surface area (Å²) in [6.45, 7) is 4.03. The second-order valence-electron chi connectivity index (χ2n) is 7.68. The van der Waals surface area contributed by atoms with Crippen LogP contribution in [-0.4, -0.2) is 17.0 Å². The minimum Gasteiger partial charge on any atom is -0.399 e. The molecule has 0 aliphatic carbocycles. The number of nitrogens with two attached hydrogens (primary N) is 1. The molecule has 4 rings (SSSR count). The van der Waals surface area contributed by atoms with Crippen LogP contribution in [0.4, 0.5) is 11.4 Å². The van der Waals surface area contributed by atoms with Crippen LogP contribution in [0.2, 0.25) is 0 Å². The molecule has 4 aromatic rings. The highest BCUT2D eigenvalue weighted by atomic mass is 14.9. The summed E-state index contributed by atoms with van der Waals surface area (Å²) in [7, 11) is 1.92. The van der Waals surface area contributed by atoms with Gasteiger partial charge in [0.25, 0.3) is 0 Å². The van der Waals surface area contributed by atoms with Gasteiger partial charge in [0, 0.05) is 35.1 Å². The fourth-order valence-electron chi connectivity index (χ4n) is 3.84. The summed E-state index contributed by atoms with van der Waals surface area (Å²) >= 11 is 0. The molecule has 0 radical (unpaired) electrons. The molecule has 3 N–H and O–H groups in total. The van der Waals surface area contributed by atoms with Gasteiger partial charge in [0.2, 0.25) is 0 Å². The third-order valence-corrected chi connectivity index (χ3v) is 5.46. The molecule has 0 fully saturated rings. The number of anilines is 2. The van der Waals surface area contributed by atoms with Gasteiger partial charge in [0.15, 0.2) is 0 Å². The molecule has 4 heteroatoms. The van der Waals surface area contributed by atoms with Crippen LogP contribution in [0.3, 0.4) is 0 Å². The van der Waals surface area contributed by atoms with E-state index in [0.29, 0.717) is 5.69 Å². The van der Waals surface area contributed by atoms with E-state index >= 15 is 0 Å². The average molecular weight is 433 g/mol. The zero-order valence-corrected chi connectivity index (χ0v) is 19.2. The number of nitrogens with one attached hydrogen (secondary N) is 1. The van der Waals surface area contributed by atoms with Crippen molar-refractivity contribution in [2.45, 2.75) is 13.8 Å². The zero-order valence-electron chi connectivity index (χ0n) is 19.2. The van der Waals surface area contributed by atoms with Crippen LogP contribution in [0.25, 0.3) is 39.3 Å². The molecule has 0 atom stereocenters. The lowest BCUT2D eigenvalue weighted by Gasteiger charge is -2.17. The largest absolute Gasteiger partial charge is 0.399 e. The number of nitrogen functional groups attached to an aromatic ring is 1. The topological polar surface area (TPSA) is 63.8 Å². The molecule has 3 aromatic carbocycles. The van der Waals surface area contributed by atoms with Crippen LogP contribution in [0.15, 0.2) is 97.1 Å². The van der Waals surface area contributed by atoms with E-state index in [2.05, 4.69) is 41.7 Å². The fraction of sp³-hybridized carbons (Fsp3) is 0.103. The Morgan fingerprint density at radius 1 is 0.758 bits per heavy atom. The molecule has 1 aromatic heterocycles. The smallest absolute Gasteiger partial charge is 0.0974 e. The molecule has 0 aliphatic rings. The maximum atomic E-state index is 6.13. The van der Waals surface area contributed by atoms with Crippen molar-refractivity contribution >= 4 is 16.9 Å². The Morgan fingerprint density at radius 2 is 1.42 bits per heavy atom. The van der Waals surface area contributed by atoms with Gasteiger partial charge in [0.1, 0.15) is 0 Å².